The van der Waals surface area contributed by atoms with Crippen molar-refractivity contribution < 1.29 is 14.6 Å². The number of phenols is 1. The maximum atomic E-state index is 12.1. The zero-order chi connectivity index (χ0) is 13.2. The number of nitrogens with one attached hydrogen (secondary N) is 1. The average molecular weight is 250 g/mol. The van der Waals surface area contributed by atoms with Crippen LogP contribution < -0.4 is 15.8 Å². The fourth-order valence-electron chi connectivity index (χ4n) is 2.12. The SMILES string of the molecule is COc1ccc(O)c(C(=O)NC2(CN)CCC2)c1. The molecule has 0 heterocycles. The summed E-state index contributed by atoms with van der Waals surface area (Å²) >= 11 is 0. The van der Waals surface area contributed by atoms with E-state index in [-0.39, 0.29) is 22.8 Å². The third-order valence-electron chi connectivity index (χ3n) is 3.53. The molecule has 1 aromatic rings. The number of rotatable bonds is 4. The molecule has 1 aromatic carbocycles. The van der Waals surface area contributed by atoms with Gasteiger partial charge in [0.2, 0.25) is 0 Å². The number of phenolic OH excluding ortho intramolecular Hbond substituents is 1. The van der Waals surface area contributed by atoms with Crippen molar-refractivity contribution in [1.29, 1.82) is 0 Å². The van der Waals surface area contributed by atoms with Crippen molar-refractivity contribution in [3.8, 4) is 11.5 Å². The van der Waals surface area contributed by atoms with Gasteiger partial charge in [-0.2, -0.15) is 0 Å². The minimum Gasteiger partial charge on any atom is -0.507 e. The molecule has 0 atom stereocenters. The highest BCUT2D eigenvalue weighted by atomic mass is 16.5. The first-order chi connectivity index (χ1) is 8.60. The maximum Gasteiger partial charge on any atom is 0.255 e. The Labute approximate surface area is 106 Å². The molecule has 18 heavy (non-hydrogen) atoms. The molecular formula is C13H18N2O3. The lowest BCUT2D eigenvalue weighted by atomic mass is 9.76. The second kappa shape index (κ2) is 4.86. The van der Waals surface area contributed by atoms with Crippen molar-refractivity contribution in [3.63, 3.8) is 0 Å². The fourth-order valence-corrected chi connectivity index (χ4v) is 2.12. The van der Waals surface area contributed by atoms with Crippen LogP contribution in [0.15, 0.2) is 18.2 Å². The topological polar surface area (TPSA) is 84.6 Å². The Morgan fingerprint density at radius 3 is 2.78 bits per heavy atom. The van der Waals surface area contributed by atoms with Crippen LogP contribution in [0, 0.1) is 0 Å². The van der Waals surface area contributed by atoms with Crippen LogP contribution in [0.5, 0.6) is 11.5 Å². The van der Waals surface area contributed by atoms with Gasteiger partial charge in [0.05, 0.1) is 18.2 Å². The first-order valence-electron chi connectivity index (χ1n) is 6.00. The lowest BCUT2D eigenvalue weighted by Crippen LogP contribution is -2.58. The summed E-state index contributed by atoms with van der Waals surface area (Å²) in [6.07, 6.45) is 2.85. The van der Waals surface area contributed by atoms with E-state index >= 15 is 0 Å². The number of aromatic hydroxyl groups is 1. The highest BCUT2D eigenvalue weighted by Crippen LogP contribution is 2.32. The predicted molar refractivity (Wildman–Crippen MR) is 67.8 cm³/mol. The number of methoxy groups -OCH3 is 1. The Balaban J connectivity index is 2.18. The molecule has 98 valence electrons. The Kier molecular flexibility index (Phi) is 3.43. The molecule has 0 aliphatic heterocycles. The largest absolute Gasteiger partial charge is 0.507 e. The molecule has 1 amide bonds. The molecule has 5 nitrogen and oxygen atoms in total. The van der Waals surface area contributed by atoms with Crippen LogP contribution in [0.2, 0.25) is 0 Å². The zero-order valence-electron chi connectivity index (χ0n) is 10.4. The van der Waals surface area contributed by atoms with Crippen LogP contribution in [-0.2, 0) is 0 Å². The van der Waals surface area contributed by atoms with Gasteiger partial charge in [-0.05, 0) is 37.5 Å². The lowest BCUT2D eigenvalue weighted by molar-refractivity contribution is 0.0834. The van der Waals surface area contributed by atoms with Gasteiger partial charge in [0.15, 0.2) is 0 Å². The van der Waals surface area contributed by atoms with Crippen LogP contribution in [0.3, 0.4) is 0 Å². The number of carbonyl (C=O) groups is 1. The van der Waals surface area contributed by atoms with E-state index in [4.69, 9.17) is 10.5 Å². The van der Waals surface area contributed by atoms with Gasteiger partial charge in [-0.1, -0.05) is 0 Å². The van der Waals surface area contributed by atoms with Crippen LogP contribution in [-0.4, -0.2) is 30.2 Å². The summed E-state index contributed by atoms with van der Waals surface area (Å²) in [6.45, 7) is 0.420. The van der Waals surface area contributed by atoms with Gasteiger partial charge in [0.25, 0.3) is 5.91 Å². The summed E-state index contributed by atoms with van der Waals surface area (Å²) in [6, 6.07) is 4.57. The Hall–Kier alpha value is -1.75. The van der Waals surface area contributed by atoms with E-state index < -0.39 is 0 Å². The van der Waals surface area contributed by atoms with Crippen molar-refractivity contribution in [2.24, 2.45) is 5.73 Å². The first kappa shape index (κ1) is 12.7. The minimum atomic E-state index is -0.309. The summed E-state index contributed by atoms with van der Waals surface area (Å²) in [4.78, 5) is 12.1. The molecule has 0 saturated heterocycles. The summed E-state index contributed by atoms with van der Waals surface area (Å²) in [5, 5.41) is 12.6. The van der Waals surface area contributed by atoms with Crippen molar-refractivity contribution >= 4 is 5.91 Å². The van der Waals surface area contributed by atoms with Crippen LogP contribution in [0.25, 0.3) is 0 Å². The lowest BCUT2D eigenvalue weighted by Gasteiger charge is -2.41. The molecule has 0 bridgehead atoms. The minimum absolute atomic E-state index is 0.0557. The van der Waals surface area contributed by atoms with E-state index in [1.165, 1.54) is 19.2 Å². The molecular weight excluding hydrogens is 232 g/mol. The summed E-state index contributed by atoms with van der Waals surface area (Å²) < 4.78 is 5.04. The average Bonchev–Trinajstić information content (AvgIpc) is 2.34. The smallest absolute Gasteiger partial charge is 0.255 e. The summed E-state index contributed by atoms with van der Waals surface area (Å²) in [7, 11) is 1.52. The molecule has 4 N–H and O–H groups in total. The molecule has 1 fully saturated rings. The Morgan fingerprint density at radius 1 is 1.56 bits per heavy atom. The molecule has 0 radical (unpaired) electrons. The summed E-state index contributed by atoms with van der Waals surface area (Å²) in [5.74, 6) is 0.171. The van der Waals surface area contributed by atoms with Crippen molar-refractivity contribution in [2.75, 3.05) is 13.7 Å². The molecule has 0 spiro atoms. The van der Waals surface area contributed by atoms with E-state index in [0.29, 0.717) is 12.3 Å². The second-order valence-electron chi connectivity index (χ2n) is 4.68. The van der Waals surface area contributed by atoms with E-state index in [2.05, 4.69) is 5.32 Å². The van der Waals surface area contributed by atoms with E-state index in [1.54, 1.807) is 6.07 Å². The van der Waals surface area contributed by atoms with E-state index in [0.717, 1.165) is 19.3 Å². The van der Waals surface area contributed by atoms with Gasteiger partial charge in [-0.25, -0.2) is 0 Å². The molecule has 5 heteroatoms. The van der Waals surface area contributed by atoms with Crippen LogP contribution in [0.4, 0.5) is 0 Å². The number of ether oxygens (including phenoxy) is 1. The normalized spacial score (nSPS) is 16.8. The number of carbonyl (C=O) groups excluding carboxylic acids is 1. The number of benzene rings is 1. The van der Waals surface area contributed by atoms with Gasteiger partial charge in [-0.3, -0.25) is 4.79 Å². The quantitative estimate of drug-likeness (QED) is 0.744. The van der Waals surface area contributed by atoms with Gasteiger partial charge in [0, 0.05) is 6.54 Å². The van der Waals surface area contributed by atoms with Crippen molar-refractivity contribution in [2.45, 2.75) is 24.8 Å². The Morgan fingerprint density at radius 2 is 2.28 bits per heavy atom. The molecule has 1 saturated carbocycles. The van der Waals surface area contributed by atoms with E-state index in [1.807, 2.05) is 0 Å². The second-order valence-corrected chi connectivity index (χ2v) is 4.68. The number of nitrogens with two attached hydrogens (primary N) is 1. The number of amides is 1. The highest BCUT2D eigenvalue weighted by molar-refractivity contribution is 5.97. The molecule has 2 rings (SSSR count). The van der Waals surface area contributed by atoms with Crippen LogP contribution >= 0.6 is 0 Å². The van der Waals surface area contributed by atoms with Gasteiger partial charge in [-0.15, -0.1) is 0 Å². The van der Waals surface area contributed by atoms with Crippen LogP contribution in [0.1, 0.15) is 29.6 Å². The molecule has 1 aliphatic carbocycles. The molecule has 0 unspecified atom stereocenters. The third-order valence-corrected chi connectivity index (χ3v) is 3.53. The van der Waals surface area contributed by atoms with Crippen molar-refractivity contribution in [1.82, 2.24) is 5.32 Å². The molecule has 1 aliphatic rings. The van der Waals surface area contributed by atoms with Crippen molar-refractivity contribution in [3.05, 3.63) is 23.8 Å². The van der Waals surface area contributed by atoms with E-state index in [9.17, 15) is 9.90 Å². The Bertz CT molecular complexity index is 450. The third kappa shape index (κ3) is 2.26. The van der Waals surface area contributed by atoms with Gasteiger partial charge >= 0.3 is 0 Å². The molecule has 0 aromatic heterocycles. The predicted octanol–water partition coefficient (Wildman–Crippen LogP) is 1.01. The number of hydrogen-bond donors (Lipinski definition) is 3. The first-order valence-corrected chi connectivity index (χ1v) is 6.00. The summed E-state index contributed by atoms with van der Waals surface area (Å²) in [5.41, 5.74) is 5.61. The van der Waals surface area contributed by atoms with Gasteiger partial charge in [0.1, 0.15) is 11.5 Å². The fraction of sp³-hybridized carbons (Fsp3) is 0.462. The van der Waals surface area contributed by atoms with Gasteiger partial charge < -0.3 is 20.9 Å². The maximum absolute atomic E-state index is 12.1. The highest BCUT2D eigenvalue weighted by Gasteiger charge is 2.37. The monoisotopic (exact) mass is 250 g/mol. The number of hydrogen-bond acceptors (Lipinski definition) is 4. The zero-order valence-corrected chi connectivity index (χ0v) is 10.4. The standard InChI is InChI=1S/C13H18N2O3/c1-18-9-3-4-11(16)10(7-9)12(17)15-13(8-14)5-2-6-13/h3-4,7,16H,2,5-6,8,14H2,1H3,(H,15,17).